The number of rotatable bonds is 4. The largest absolute Gasteiger partial charge is 0.368 e. The van der Waals surface area contributed by atoms with Gasteiger partial charge in [0.25, 0.3) is 0 Å². The van der Waals surface area contributed by atoms with E-state index in [1.165, 1.54) is 18.5 Å². The zero-order valence-electron chi connectivity index (χ0n) is 13.8. The molecule has 0 radical (unpaired) electrons. The molecule has 4 rings (SSSR count). The van der Waals surface area contributed by atoms with Gasteiger partial charge in [0.1, 0.15) is 29.9 Å². The van der Waals surface area contributed by atoms with Gasteiger partial charge in [0.05, 0.1) is 6.54 Å². The maximum atomic E-state index is 14.8. The first-order valence-electron chi connectivity index (χ1n) is 8.26. The first-order valence-corrected chi connectivity index (χ1v) is 8.64. The van der Waals surface area contributed by atoms with E-state index in [0.29, 0.717) is 18.1 Å². The third kappa shape index (κ3) is 2.89. The van der Waals surface area contributed by atoms with Crippen LogP contribution in [-0.4, -0.2) is 21.4 Å². The number of nitrogens with zero attached hydrogens (tertiary/aromatic N) is 3. The van der Waals surface area contributed by atoms with E-state index in [0.717, 1.165) is 11.6 Å². The number of halogens is 3. The van der Waals surface area contributed by atoms with Gasteiger partial charge in [-0.3, -0.25) is 0 Å². The van der Waals surface area contributed by atoms with E-state index in [-0.39, 0.29) is 18.0 Å². The Labute approximate surface area is 154 Å². The lowest BCUT2D eigenvalue weighted by Crippen LogP contribution is -2.37. The van der Waals surface area contributed by atoms with E-state index in [9.17, 15) is 8.78 Å². The molecule has 0 unspecified atom stereocenters. The zero-order chi connectivity index (χ0) is 18.1. The maximum Gasteiger partial charge on any atom is 0.137 e. The summed E-state index contributed by atoms with van der Waals surface area (Å²) in [6, 6.07) is 11.0. The van der Waals surface area contributed by atoms with Crippen LogP contribution in [-0.2, 0) is 16.9 Å². The third-order valence-electron chi connectivity index (χ3n) is 4.86. The first-order chi connectivity index (χ1) is 12.6. The first kappa shape index (κ1) is 17.1. The van der Waals surface area contributed by atoms with Crippen LogP contribution in [0, 0.1) is 11.6 Å². The molecule has 2 aromatic carbocycles. The summed E-state index contributed by atoms with van der Waals surface area (Å²) in [5, 5.41) is 4.74. The summed E-state index contributed by atoms with van der Waals surface area (Å²) in [4.78, 5) is 3.96. The summed E-state index contributed by atoms with van der Waals surface area (Å²) < 4.78 is 36.0. The molecule has 0 spiro atoms. The van der Waals surface area contributed by atoms with Crippen molar-refractivity contribution >= 4 is 11.6 Å². The highest BCUT2D eigenvalue weighted by atomic mass is 35.5. The maximum absolute atomic E-state index is 14.8. The van der Waals surface area contributed by atoms with Gasteiger partial charge in [0, 0.05) is 29.2 Å². The molecule has 1 saturated heterocycles. The number of benzene rings is 2. The fourth-order valence-corrected chi connectivity index (χ4v) is 4.02. The number of aromatic nitrogens is 3. The van der Waals surface area contributed by atoms with Gasteiger partial charge in [-0.05, 0) is 24.1 Å². The highest BCUT2D eigenvalue weighted by Gasteiger charge is 2.49. The van der Waals surface area contributed by atoms with Gasteiger partial charge in [0.2, 0.25) is 0 Å². The van der Waals surface area contributed by atoms with Crippen molar-refractivity contribution in [2.75, 3.05) is 6.61 Å². The number of ether oxygens (including phenoxy) is 1. The second-order valence-electron chi connectivity index (χ2n) is 6.32. The van der Waals surface area contributed by atoms with Crippen molar-refractivity contribution < 1.29 is 13.5 Å². The average molecular weight is 376 g/mol. The van der Waals surface area contributed by atoms with Gasteiger partial charge in [-0.2, -0.15) is 5.10 Å². The zero-order valence-corrected chi connectivity index (χ0v) is 14.5. The molecular weight excluding hydrogens is 360 g/mol. The molecule has 0 N–H and O–H groups in total. The Morgan fingerprint density at radius 2 is 2.08 bits per heavy atom. The van der Waals surface area contributed by atoms with Crippen LogP contribution in [0.3, 0.4) is 0 Å². The molecule has 0 bridgehead atoms. The van der Waals surface area contributed by atoms with Crippen LogP contribution < -0.4 is 0 Å². The lowest BCUT2D eigenvalue weighted by molar-refractivity contribution is -0.0299. The molecule has 1 aliphatic heterocycles. The normalized spacial score (nSPS) is 22.7. The van der Waals surface area contributed by atoms with Crippen molar-refractivity contribution in [1.29, 1.82) is 0 Å². The van der Waals surface area contributed by atoms with Crippen LogP contribution >= 0.6 is 11.6 Å². The summed E-state index contributed by atoms with van der Waals surface area (Å²) in [5.41, 5.74) is 0.101. The molecule has 4 nitrogen and oxygen atoms in total. The second-order valence-corrected chi connectivity index (χ2v) is 6.73. The molecule has 2 atom stereocenters. The van der Waals surface area contributed by atoms with Crippen LogP contribution in [0.5, 0.6) is 0 Å². The summed E-state index contributed by atoms with van der Waals surface area (Å²) in [5.74, 6) is -1.49. The van der Waals surface area contributed by atoms with Gasteiger partial charge in [-0.15, -0.1) is 0 Å². The predicted molar refractivity (Wildman–Crippen MR) is 92.8 cm³/mol. The van der Waals surface area contributed by atoms with Crippen LogP contribution in [0.25, 0.3) is 0 Å². The molecule has 1 fully saturated rings. The smallest absolute Gasteiger partial charge is 0.137 e. The Morgan fingerprint density at radius 1 is 1.23 bits per heavy atom. The van der Waals surface area contributed by atoms with E-state index < -0.39 is 17.2 Å². The fraction of sp³-hybridized carbons (Fsp3) is 0.263. The van der Waals surface area contributed by atoms with Crippen molar-refractivity contribution in [2.45, 2.75) is 24.5 Å². The van der Waals surface area contributed by atoms with Crippen LogP contribution in [0.15, 0.2) is 55.1 Å². The molecule has 134 valence electrons. The van der Waals surface area contributed by atoms with E-state index in [4.69, 9.17) is 16.3 Å². The average Bonchev–Trinajstić information content (AvgIpc) is 3.26. The summed E-state index contributed by atoms with van der Waals surface area (Å²) in [6.45, 7) is 0.673. The second kappa shape index (κ2) is 6.78. The van der Waals surface area contributed by atoms with Gasteiger partial charge >= 0.3 is 0 Å². The topological polar surface area (TPSA) is 39.9 Å². The molecule has 1 aliphatic rings. The molecule has 2 heterocycles. The summed E-state index contributed by atoms with van der Waals surface area (Å²) in [6.07, 6.45) is 3.62. The lowest BCUT2D eigenvalue weighted by atomic mass is 9.77. The molecule has 0 aliphatic carbocycles. The lowest BCUT2D eigenvalue weighted by Gasteiger charge is -2.35. The van der Waals surface area contributed by atoms with Crippen molar-refractivity contribution in [3.05, 3.63) is 82.9 Å². The Kier molecular flexibility index (Phi) is 4.46. The molecule has 1 aromatic heterocycles. The summed E-state index contributed by atoms with van der Waals surface area (Å²) in [7, 11) is 0. The van der Waals surface area contributed by atoms with Crippen molar-refractivity contribution in [3.63, 3.8) is 0 Å². The number of hydrogen-bond acceptors (Lipinski definition) is 3. The monoisotopic (exact) mass is 375 g/mol. The minimum atomic E-state index is -1.06. The van der Waals surface area contributed by atoms with Crippen LogP contribution in [0.2, 0.25) is 5.02 Å². The quantitative estimate of drug-likeness (QED) is 0.682. The van der Waals surface area contributed by atoms with Gasteiger partial charge < -0.3 is 4.74 Å². The van der Waals surface area contributed by atoms with Crippen molar-refractivity contribution in [2.24, 2.45) is 0 Å². The molecule has 3 aromatic rings. The number of hydrogen-bond donors (Lipinski definition) is 0. The van der Waals surface area contributed by atoms with E-state index in [1.807, 2.05) is 18.2 Å². The van der Waals surface area contributed by atoms with E-state index >= 15 is 0 Å². The summed E-state index contributed by atoms with van der Waals surface area (Å²) >= 11 is 6.42. The minimum Gasteiger partial charge on any atom is -0.368 e. The Morgan fingerprint density at radius 3 is 2.81 bits per heavy atom. The Hall–Kier alpha value is -2.31. The highest BCUT2D eigenvalue weighted by molar-refractivity contribution is 6.31. The van der Waals surface area contributed by atoms with Crippen molar-refractivity contribution in [1.82, 2.24) is 14.8 Å². The van der Waals surface area contributed by atoms with Crippen LogP contribution in [0.1, 0.15) is 23.5 Å². The van der Waals surface area contributed by atoms with Gasteiger partial charge in [0.15, 0.2) is 0 Å². The van der Waals surface area contributed by atoms with Gasteiger partial charge in [-0.25, -0.2) is 18.4 Å². The predicted octanol–water partition coefficient (Wildman–Crippen LogP) is 4.31. The van der Waals surface area contributed by atoms with Crippen LogP contribution in [0.4, 0.5) is 8.78 Å². The molecule has 26 heavy (non-hydrogen) atoms. The molecular formula is C19H16ClF2N3O. The van der Waals surface area contributed by atoms with Crippen molar-refractivity contribution in [3.8, 4) is 0 Å². The molecule has 0 saturated carbocycles. The fourth-order valence-electron chi connectivity index (χ4n) is 3.75. The van der Waals surface area contributed by atoms with E-state index in [2.05, 4.69) is 10.1 Å². The standard InChI is InChI=1S/C19H16ClF2N3O/c20-17-4-2-1-3-14(17)15-7-8-26-19(15,10-25-12-23-11-24-25)16-6-5-13(21)9-18(16)22/h1-6,9,11-12,15H,7-8,10H2/t15-,19-/m0/s1. The molecule has 7 heteroatoms. The van der Waals surface area contributed by atoms with Gasteiger partial charge in [-0.1, -0.05) is 35.9 Å². The van der Waals surface area contributed by atoms with E-state index in [1.54, 1.807) is 17.1 Å². The third-order valence-corrected chi connectivity index (χ3v) is 5.20. The minimum absolute atomic E-state index is 0.208. The molecule has 0 amide bonds. The Bertz CT molecular complexity index is 919. The SMILES string of the molecule is Fc1ccc([C@@]2(Cn3cncn3)OCC[C@H]2c2ccccc2Cl)c(F)c1. The Balaban J connectivity index is 1.88. The highest BCUT2D eigenvalue weighted by Crippen LogP contribution is 2.50.